The van der Waals surface area contributed by atoms with Crippen LogP contribution in [0.3, 0.4) is 0 Å². The first-order chi connectivity index (χ1) is 8.46. The number of halogens is 1. The summed E-state index contributed by atoms with van der Waals surface area (Å²) in [5.74, 6) is 0. The standard InChI is InChI=1S/C12H16ClNO3S/c1-9-4-5-12(11(13)7-9)18(16,17)14-6-2-3-10(14)8-15/h4-5,7,10,15H,2-3,6,8H2,1H3. The Bertz CT molecular complexity index is 544. The number of nitrogens with zero attached hydrogens (tertiary/aromatic N) is 1. The van der Waals surface area contributed by atoms with Crippen LogP contribution in [0.1, 0.15) is 18.4 Å². The van der Waals surface area contributed by atoms with Gasteiger partial charge in [0.1, 0.15) is 4.90 Å². The van der Waals surface area contributed by atoms with Gasteiger partial charge in [0.05, 0.1) is 11.6 Å². The highest BCUT2D eigenvalue weighted by Gasteiger charge is 2.35. The lowest BCUT2D eigenvalue weighted by Gasteiger charge is -2.23. The minimum atomic E-state index is -3.61. The largest absolute Gasteiger partial charge is 0.395 e. The first kappa shape index (κ1) is 13.8. The molecule has 1 aromatic rings. The van der Waals surface area contributed by atoms with E-state index >= 15 is 0 Å². The summed E-state index contributed by atoms with van der Waals surface area (Å²) in [6.07, 6.45) is 1.47. The van der Waals surface area contributed by atoms with Crippen molar-refractivity contribution in [3.8, 4) is 0 Å². The molecule has 0 amide bonds. The molecule has 1 heterocycles. The van der Waals surface area contributed by atoms with Crippen LogP contribution in [0.15, 0.2) is 23.1 Å². The summed E-state index contributed by atoms with van der Waals surface area (Å²) in [7, 11) is -3.61. The SMILES string of the molecule is Cc1ccc(S(=O)(=O)N2CCCC2CO)c(Cl)c1. The van der Waals surface area contributed by atoms with Crippen molar-refractivity contribution in [2.45, 2.75) is 30.7 Å². The molecule has 1 fully saturated rings. The van der Waals surface area contributed by atoms with Crippen molar-refractivity contribution in [1.82, 2.24) is 4.31 Å². The highest BCUT2D eigenvalue weighted by Crippen LogP contribution is 2.30. The summed E-state index contributed by atoms with van der Waals surface area (Å²) < 4.78 is 26.3. The number of hydrogen-bond acceptors (Lipinski definition) is 3. The molecular weight excluding hydrogens is 274 g/mol. The third kappa shape index (κ3) is 2.40. The predicted octanol–water partition coefficient (Wildman–Crippen LogP) is 1.79. The fourth-order valence-electron chi connectivity index (χ4n) is 2.25. The fraction of sp³-hybridized carbons (Fsp3) is 0.500. The van der Waals surface area contributed by atoms with Crippen LogP contribution >= 0.6 is 11.6 Å². The molecule has 0 aliphatic carbocycles. The van der Waals surface area contributed by atoms with Crippen molar-refractivity contribution in [3.63, 3.8) is 0 Å². The Labute approximate surface area is 112 Å². The molecule has 2 rings (SSSR count). The Morgan fingerprint density at radius 1 is 1.50 bits per heavy atom. The third-order valence-electron chi connectivity index (χ3n) is 3.21. The van der Waals surface area contributed by atoms with Crippen LogP contribution in [-0.2, 0) is 10.0 Å². The Hall–Kier alpha value is -0.620. The van der Waals surface area contributed by atoms with Crippen molar-refractivity contribution in [2.24, 2.45) is 0 Å². The van der Waals surface area contributed by atoms with Crippen molar-refractivity contribution in [1.29, 1.82) is 0 Å². The summed E-state index contributed by atoms with van der Waals surface area (Å²) >= 11 is 6.02. The second-order valence-electron chi connectivity index (χ2n) is 4.53. The van der Waals surface area contributed by atoms with Gasteiger partial charge in [-0.2, -0.15) is 4.31 Å². The second kappa shape index (κ2) is 5.17. The van der Waals surface area contributed by atoms with Crippen molar-refractivity contribution < 1.29 is 13.5 Å². The van der Waals surface area contributed by atoms with Gasteiger partial charge in [0.25, 0.3) is 0 Å². The summed E-state index contributed by atoms with van der Waals surface area (Å²) in [6, 6.07) is 4.56. The zero-order valence-electron chi connectivity index (χ0n) is 10.1. The van der Waals surface area contributed by atoms with Gasteiger partial charge >= 0.3 is 0 Å². The molecule has 1 aliphatic heterocycles. The molecule has 6 heteroatoms. The number of aliphatic hydroxyl groups excluding tert-OH is 1. The molecule has 0 aromatic heterocycles. The Kier molecular flexibility index (Phi) is 3.96. The van der Waals surface area contributed by atoms with Gasteiger partial charge in [0, 0.05) is 12.6 Å². The maximum Gasteiger partial charge on any atom is 0.244 e. The zero-order valence-corrected chi connectivity index (χ0v) is 11.7. The van der Waals surface area contributed by atoms with Gasteiger partial charge in [-0.3, -0.25) is 0 Å². The molecule has 100 valence electrons. The minimum absolute atomic E-state index is 0.120. The van der Waals surface area contributed by atoms with Crippen LogP contribution in [0.25, 0.3) is 0 Å². The van der Waals surface area contributed by atoms with Crippen molar-refractivity contribution in [2.75, 3.05) is 13.2 Å². The lowest BCUT2D eigenvalue weighted by Crippen LogP contribution is -2.37. The minimum Gasteiger partial charge on any atom is -0.395 e. The van der Waals surface area contributed by atoms with Gasteiger partial charge in [-0.1, -0.05) is 17.7 Å². The summed E-state index contributed by atoms with van der Waals surface area (Å²) in [5.41, 5.74) is 0.916. The first-order valence-electron chi connectivity index (χ1n) is 5.85. The Morgan fingerprint density at radius 2 is 2.22 bits per heavy atom. The number of benzene rings is 1. The van der Waals surface area contributed by atoms with Gasteiger partial charge in [0.15, 0.2) is 0 Å². The van der Waals surface area contributed by atoms with E-state index in [0.717, 1.165) is 12.0 Å². The maximum atomic E-state index is 12.5. The number of sulfonamides is 1. The molecule has 1 N–H and O–H groups in total. The molecule has 0 spiro atoms. The second-order valence-corrected chi connectivity index (χ2v) is 6.79. The van der Waals surface area contributed by atoms with Crippen LogP contribution in [0.5, 0.6) is 0 Å². The van der Waals surface area contributed by atoms with E-state index in [2.05, 4.69) is 0 Å². The Morgan fingerprint density at radius 3 is 2.83 bits per heavy atom. The average molecular weight is 290 g/mol. The van der Waals surface area contributed by atoms with Gasteiger partial charge in [-0.15, -0.1) is 0 Å². The quantitative estimate of drug-likeness (QED) is 0.923. The predicted molar refractivity (Wildman–Crippen MR) is 70.2 cm³/mol. The van der Waals surface area contributed by atoms with Crippen LogP contribution in [0, 0.1) is 6.92 Å². The van der Waals surface area contributed by atoms with Gasteiger partial charge in [0.2, 0.25) is 10.0 Å². The number of hydrogen-bond donors (Lipinski definition) is 1. The molecular formula is C12H16ClNO3S. The highest BCUT2D eigenvalue weighted by atomic mass is 35.5. The van der Waals surface area contributed by atoms with Gasteiger partial charge < -0.3 is 5.11 Å². The monoisotopic (exact) mass is 289 g/mol. The van der Waals surface area contributed by atoms with Crippen LogP contribution in [-0.4, -0.2) is 37.0 Å². The van der Waals surface area contributed by atoms with E-state index in [9.17, 15) is 13.5 Å². The van der Waals surface area contributed by atoms with E-state index in [1.165, 1.54) is 10.4 Å². The molecule has 1 aromatic carbocycles. The van der Waals surface area contributed by atoms with E-state index in [0.29, 0.717) is 13.0 Å². The number of rotatable bonds is 3. The molecule has 0 bridgehead atoms. The molecule has 1 aliphatic rings. The van der Waals surface area contributed by atoms with Crippen LogP contribution in [0.4, 0.5) is 0 Å². The zero-order chi connectivity index (χ0) is 13.3. The first-order valence-corrected chi connectivity index (χ1v) is 7.67. The van der Waals surface area contributed by atoms with Gasteiger partial charge in [-0.25, -0.2) is 8.42 Å². The lowest BCUT2D eigenvalue weighted by molar-refractivity contribution is 0.213. The fourth-order valence-corrected chi connectivity index (χ4v) is 4.51. The molecule has 4 nitrogen and oxygen atoms in total. The molecule has 18 heavy (non-hydrogen) atoms. The van der Waals surface area contributed by atoms with Crippen LogP contribution in [0.2, 0.25) is 5.02 Å². The van der Waals surface area contributed by atoms with E-state index < -0.39 is 10.0 Å². The highest BCUT2D eigenvalue weighted by molar-refractivity contribution is 7.89. The lowest BCUT2D eigenvalue weighted by atomic mass is 10.2. The number of aryl methyl sites for hydroxylation is 1. The van der Waals surface area contributed by atoms with Crippen LogP contribution < -0.4 is 0 Å². The topological polar surface area (TPSA) is 57.6 Å². The maximum absolute atomic E-state index is 12.5. The third-order valence-corrected chi connectivity index (χ3v) is 5.64. The Balaban J connectivity index is 2.42. The smallest absolute Gasteiger partial charge is 0.244 e. The summed E-state index contributed by atoms with van der Waals surface area (Å²) in [5, 5.41) is 9.46. The van der Waals surface area contributed by atoms with Crippen molar-refractivity contribution >= 4 is 21.6 Å². The van der Waals surface area contributed by atoms with E-state index in [4.69, 9.17) is 11.6 Å². The van der Waals surface area contributed by atoms with E-state index in [-0.39, 0.29) is 22.6 Å². The molecule has 1 atom stereocenters. The molecule has 1 unspecified atom stereocenters. The molecule has 0 radical (unpaired) electrons. The summed E-state index contributed by atoms with van der Waals surface area (Å²) in [6.45, 7) is 2.15. The van der Waals surface area contributed by atoms with Gasteiger partial charge in [-0.05, 0) is 37.5 Å². The van der Waals surface area contributed by atoms with E-state index in [1.54, 1.807) is 12.1 Å². The van der Waals surface area contributed by atoms with Crippen molar-refractivity contribution in [3.05, 3.63) is 28.8 Å². The molecule has 1 saturated heterocycles. The average Bonchev–Trinajstić information content (AvgIpc) is 2.76. The summed E-state index contributed by atoms with van der Waals surface area (Å²) in [4.78, 5) is 0.120. The normalized spacial score (nSPS) is 21.4. The van der Waals surface area contributed by atoms with E-state index in [1.807, 2.05) is 6.92 Å². The number of aliphatic hydroxyl groups is 1. The molecule has 0 saturated carbocycles.